The molecule has 0 spiro atoms. The molecule has 0 aliphatic carbocycles. The van der Waals surface area contributed by atoms with Crippen LogP contribution in [-0.2, 0) is 0 Å². The van der Waals surface area contributed by atoms with Crippen LogP contribution >= 0.6 is 23.7 Å². The molecule has 148 valence electrons. The molecule has 2 saturated heterocycles. The van der Waals surface area contributed by atoms with Gasteiger partial charge >= 0.3 is 0 Å². The summed E-state index contributed by atoms with van der Waals surface area (Å²) < 4.78 is 1.94. The van der Waals surface area contributed by atoms with Crippen LogP contribution < -0.4 is 10.6 Å². The highest BCUT2D eigenvalue weighted by molar-refractivity contribution is 7.10. The molecule has 0 bridgehead atoms. The molecule has 27 heavy (non-hydrogen) atoms. The Morgan fingerprint density at radius 2 is 2.19 bits per heavy atom. The van der Waals surface area contributed by atoms with E-state index in [0.29, 0.717) is 18.3 Å². The fourth-order valence-corrected chi connectivity index (χ4v) is 4.81. The Morgan fingerprint density at radius 1 is 1.33 bits per heavy atom. The smallest absolute Gasteiger partial charge is 0.271 e. The second-order valence-corrected chi connectivity index (χ2v) is 8.14. The van der Waals surface area contributed by atoms with Crippen LogP contribution in [0, 0.1) is 0 Å². The number of hydrogen-bond acceptors (Lipinski definition) is 5. The van der Waals surface area contributed by atoms with Crippen molar-refractivity contribution in [2.75, 3.05) is 32.7 Å². The molecule has 6 nitrogen and oxygen atoms in total. The first-order valence-corrected chi connectivity index (χ1v) is 10.5. The molecule has 0 aromatic carbocycles. The fourth-order valence-electron chi connectivity index (χ4n) is 3.95. The number of carbonyl (C=O) groups is 1. The van der Waals surface area contributed by atoms with E-state index >= 15 is 0 Å². The first kappa shape index (κ1) is 20.3. The minimum Gasteiger partial charge on any atom is -0.349 e. The summed E-state index contributed by atoms with van der Waals surface area (Å²) in [5.41, 5.74) is 0.516. The Kier molecular flexibility index (Phi) is 7.29. The Bertz CT molecular complexity index is 708. The number of carbonyl (C=O) groups excluding carboxylic acids is 1. The van der Waals surface area contributed by atoms with Crippen LogP contribution in [0.2, 0.25) is 0 Å². The van der Waals surface area contributed by atoms with Crippen LogP contribution in [0.4, 0.5) is 0 Å². The van der Waals surface area contributed by atoms with Gasteiger partial charge in [-0.2, -0.15) is 5.10 Å². The minimum atomic E-state index is -0.0757. The third-order valence-electron chi connectivity index (χ3n) is 5.39. The van der Waals surface area contributed by atoms with Crippen LogP contribution in [0.15, 0.2) is 29.8 Å². The molecule has 2 aliphatic heterocycles. The van der Waals surface area contributed by atoms with Crippen LogP contribution in [0.5, 0.6) is 0 Å². The second kappa shape index (κ2) is 9.68. The highest BCUT2D eigenvalue weighted by Crippen LogP contribution is 2.27. The van der Waals surface area contributed by atoms with Gasteiger partial charge in [-0.25, -0.2) is 0 Å². The van der Waals surface area contributed by atoms with Crippen molar-refractivity contribution >= 4 is 29.7 Å². The van der Waals surface area contributed by atoms with Crippen molar-refractivity contribution in [1.29, 1.82) is 0 Å². The van der Waals surface area contributed by atoms with Crippen molar-refractivity contribution in [2.24, 2.45) is 0 Å². The molecule has 2 atom stereocenters. The average Bonchev–Trinajstić information content (AvgIpc) is 3.44. The fraction of sp³-hybridized carbons (Fsp3) is 0.579. The Morgan fingerprint density at radius 3 is 2.89 bits per heavy atom. The van der Waals surface area contributed by atoms with Gasteiger partial charge in [0, 0.05) is 24.2 Å². The molecule has 4 rings (SSSR count). The summed E-state index contributed by atoms with van der Waals surface area (Å²) in [4.78, 5) is 16.4. The quantitative estimate of drug-likeness (QED) is 0.770. The number of nitrogens with zero attached hydrogens (tertiary/aromatic N) is 3. The zero-order valence-corrected chi connectivity index (χ0v) is 17.1. The molecule has 2 unspecified atom stereocenters. The van der Waals surface area contributed by atoms with E-state index in [-0.39, 0.29) is 24.4 Å². The number of rotatable bonds is 6. The number of aromatic nitrogens is 2. The van der Waals surface area contributed by atoms with Crippen LogP contribution in [0.3, 0.4) is 0 Å². The maximum atomic E-state index is 12.6. The zero-order chi connectivity index (χ0) is 17.8. The van der Waals surface area contributed by atoms with E-state index in [1.165, 1.54) is 17.7 Å². The van der Waals surface area contributed by atoms with Gasteiger partial charge in [0.2, 0.25) is 0 Å². The van der Waals surface area contributed by atoms with Crippen molar-refractivity contribution in [3.63, 3.8) is 0 Å². The number of halogens is 1. The van der Waals surface area contributed by atoms with Gasteiger partial charge in [-0.3, -0.25) is 14.4 Å². The molecular formula is C19H28ClN5OS. The second-order valence-electron chi connectivity index (χ2n) is 7.17. The van der Waals surface area contributed by atoms with Gasteiger partial charge in [-0.05, 0) is 62.8 Å². The van der Waals surface area contributed by atoms with E-state index in [9.17, 15) is 4.79 Å². The Labute approximate surface area is 170 Å². The lowest BCUT2D eigenvalue weighted by atomic mass is 10.1. The lowest BCUT2D eigenvalue weighted by Crippen LogP contribution is -2.36. The van der Waals surface area contributed by atoms with Gasteiger partial charge in [-0.15, -0.1) is 23.7 Å². The summed E-state index contributed by atoms with van der Waals surface area (Å²) in [7, 11) is 0. The topological polar surface area (TPSA) is 62.2 Å². The molecule has 0 saturated carbocycles. The predicted octanol–water partition coefficient (Wildman–Crippen LogP) is 2.86. The molecule has 2 aliphatic rings. The monoisotopic (exact) mass is 409 g/mol. The molecule has 8 heteroatoms. The molecule has 0 radical (unpaired) electrons. The molecule has 4 heterocycles. The number of nitrogens with one attached hydrogen (secondary N) is 2. The number of thiophene rings is 1. The third-order valence-corrected chi connectivity index (χ3v) is 6.37. The molecule has 2 aromatic rings. The predicted molar refractivity (Wildman–Crippen MR) is 111 cm³/mol. The summed E-state index contributed by atoms with van der Waals surface area (Å²) in [6.07, 6.45) is 6.70. The molecular weight excluding hydrogens is 382 g/mol. The van der Waals surface area contributed by atoms with Crippen LogP contribution in [-0.4, -0.2) is 53.3 Å². The molecule has 2 fully saturated rings. The first-order chi connectivity index (χ1) is 12.8. The van der Waals surface area contributed by atoms with Crippen molar-refractivity contribution in [2.45, 2.75) is 37.8 Å². The normalized spacial score (nSPS) is 21.6. The standard InChI is InChI=1S/C19H27N5OS.ClH/c25-19(16-7-11-24(22-16)15-5-3-8-20-13-15)21-14-17(18-6-4-12-26-18)23-9-1-2-10-23;/h4,6-7,11-12,15,17,20H,1-3,5,8-10,13-14H2,(H,21,25);1H. The largest absolute Gasteiger partial charge is 0.349 e. The number of likely N-dealkylation sites (tertiary alicyclic amines) is 1. The number of amides is 1. The van der Waals surface area contributed by atoms with Crippen molar-refractivity contribution < 1.29 is 4.79 Å². The summed E-state index contributed by atoms with van der Waals surface area (Å²) in [5.74, 6) is -0.0757. The van der Waals surface area contributed by atoms with Crippen LogP contribution in [0.1, 0.15) is 53.1 Å². The average molecular weight is 410 g/mol. The minimum absolute atomic E-state index is 0. The van der Waals surface area contributed by atoms with Gasteiger partial charge in [0.1, 0.15) is 5.69 Å². The van der Waals surface area contributed by atoms with E-state index in [1.807, 2.05) is 16.9 Å². The lowest BCUT2D eigenvalue weighted by Gasteiger charge is -2.26. The van der Waals surface area contributed by atoms with E-state index in [2.05, 4.69) is 38.1 Å². The molecule has 2 N–H and O–H groups in total. The maximum Gasteiger partial charge on any atom is 0.271 e. The van der Waals surface area contributed by atoms with E-state index in [1.54, 1.807) is 11.3 Å². The van der Waals surface area contributed by atoms with Crippen molar-refractivity contribution in [3.8, 4) is 0 Å². The Balaban J connectivity index is 0.00000210. The highest BCUT2D eigenvalue weighted by atomic mass is 35.5. The number of piperidine rings is 1. The summed E-state index contributed by atoms with van der Waals surface area (Å²) >= 11 is 1.77. The van der Waals surface area contributed by atoms with Gasteiger partial charge in [0.05, 0.1) is 12.1 Å². The summed E-state index contributed by atoms with van der Waals surface area (Å²) in [6, 6.07) is 6.72. The van der Waals surface area contributed by atoms with Gasteiger partial charge in [-0.1, -0.05) is 6.07 Å². The molecule has 1 amide bonds. The molecule has 2 aromatic heterocycles. The van der Waals surface area contributed by atoms with E-state index in [4.69, 9.17) is 0 Å². The summed E-state index contributed by atoms with van der Waals surface area (Å²) in [6.45, 7) is 4.87. The van der Waals surface area contributed by atoms with E-state index < -0.39 is 0 Å². The van der Waals surface area contributed by atoms with Gasteiger partial charge in [0.25, 0.3) is 5.91 Å². The SMILES string of the molecule is Cl.O=C(NCC(c1cccs1)N1CCCC1)c1ccn(C2CCCNC2)n1. The van der Waals surface area contributed by atoms with Gasteiger partial charge in [0.15, 0.2) is 0 Å². The van der Waals surface area contributed by atoms with Crippen molar-refractivity contribution in [1.82, 2.24) is 25.3 Å². The van der Waals surface area contributed by atoms with Crippen LogP contribution in [0.25, 0.3) is 0 Å². The maximum absolute atomic E-state index is 12.6. The van der Waals surface area contributed by atoms with E-state index in [0.717, 1.165) is 39.0 Å². The van der Waals surface area contributed by atoms with Gasteiger partial charge < -0.3 is 10.6 Å². The highest BCUT2D eigenvalue weighted by Gasteiger charge is 2.25. The first-order valence-electron chi connectivity index (χ1n) is 9.63. The zero-order valence-electron chi connectivity index (χ0n) is 15.5. The van der Waals surface area contributed by atoms with Crippen molar-refractivity contribution in [3.05, 3.63) is 40.3 Å². The lowest BCUT2D eigenvalue weighted by molar-refractivity contribution is 0.0932. The third kappa shape index (κ3) is 4.90. The number of hydrogen-bond donors (Lipinski definition) is 2. The summed E-state index contributed by atoms with van der Waals surface area (Å²) in [5, 5.41) is 13.1. The Hall–Kier alpha value is -1.41.